The Morgan fingerprint density at radius 1 is 1.29 bits per heavy atom. The molecule has 0 bridgehead atoms. The van der Waals surface area contributed by atoms with E-state index in [1.807, 2.05) is 45.9 Å². The minimum atomic E-state index is -0.314. The van der Waals surface area contributed by atoms with E-state index >= 15 is 0 Å². The zero-order valence-corrected chi connectivity index (χ0v) is 10.6. The van der Waals surface area contributed by atoms with E-state index in [9.17, 15) is 4.79 Å². The molecule has 0 atom stereocenters. The topological polar surface area (TPSA) is 17.1 Å². The smallest absolute Gasteiger partial charge is 0.168 e. The molecule has 14 heavy (non-hydrogen) atoms. The van der Waals surface area contributed by atoms with Gasteiger partial charge < -0.3 is 0 Å². The highest BCUT2D eigenvalue weighted by molar-refractivity contribution is 9.10. The van der Waals surface area contributed by atoms with Crippen molar-refractivity contribution in [1.82, 2.24) is 0 Å². The van der Waals surface area contributed by atoms with Crippen LogP contribution in [0.5, 0.6) is 0 Å². The summed E-state index contributed by atoms with van der Waals surface area (Å²) in [7, 11) is 0. The van der Waals surface area contributed by atoms with Gasteiger partial charge in [-0.1, -0.05) is 48.8 Å². The molecule has 0 saturated carbocycles. The molecule has 0 aliphatic rings. The second-order valence-electron chi connectivity index (χ2n) is 4.49. The number of rotatable bonds is 1. The van der Waals surface area contributed by atoms with Crippen LogP contribution in [0.25, 0.3) is 0 Å². The maximum Gasteiger partial charge on any atom is 0.168 e. The van der Waals surface area contributed by atoms with Crippen LogP contribution < -0.4 is 0 Å². The molecule has 0 fully saturated rings. The van der Waals surface area contributed by atoms with Crippen molar-refractivity contribution in [1.29, 1.82) is 0 Å². The Labute approximate surface area is 93.7 Å². The summed E-state index contributed by atoms with van der Waals surface area (Å²) in [6.45, 7) is 7.78. The Morgan fingerprint density at radius 3 is 2.36 bits per heavy atom. The summed E-state index contributed by atoms with van der Waals surface area (Å²) in [6, 6.07) is 5.73. The van der Waals surface area contributed by atoms with Gasteiger partial charge in [0.2, 0.25) is 0 Å². The van der Waals surface area contributed by atoms with Crippen molar-refractivity contribution >= 4 is 21.7 Å². The van der Waals surface area contributed by atoms with Crippen molar-refractivity contribution in [3.8, 4) is 0 Å². The van der Waals surface area contributed by atoms with E-state index in [0.717, 1.165) is 15.6 Å². The van der Waals surface area contributed by atoms with Crippen LogP contribution in [0.2, 0.25) is 0 Å². The van der Waals surface area contributed by atoms with E-state index in [2.05, 4.69) is 15.9 Å². The van der Waals surface area contributed by atoms with Gasteiger partial charge in [-0.15, -0.1) is 0 Å². The molecule has 0 radical (unpaired) electrons. The zero-order chi connectivity index (χ0) is 10.9. The van der Waals surface area contributed by atoms with Gasteiger partial charge in [0, 0.05) is 15.5 Å². The summed E-state index contributed by atoms with van der Waals surface area (Å²) in [5.74, 6) is 0.191. The Kier molecular flexibility index (Phi) is 3.15. The summed E-state index contributed by atoms with van der Waals surface area (Å²) in [6.07, 6.45) is 0. The molecule has 1 aromatic carbocycles. The molecule has 0 aliphatic heterocycles. The molecule has 2 heteroatoms. The van der Waals surface area contributed by atoms with Crippen molar-refractivity contribution in [2.24, 2.45) is 5.41 Å². The fourth-order valence-electron chi connectivity index (χ4n) is 1.26. The lowest BCUT2D eigenvalue weighted by molar-refractivity contribution is 0.0857. The number of Topliss-reactive ketones (excluding diaryl/α,β-unsaturated/α-hetero) is 1. The van der Waals surface area contributed by atoms with Crippen molar-refractivity contribution in [2.45, 2.75) is 27.7 Å². The molecule has 0 spiro atoms. The lowest BCUT2D eigenvalue weighted by atomic mass is 9.85. The van der Waals surface area contributed by atoms with E-state index in [4.69, 9.17) is 0 Å². The van der Waals surface area contributed by atoms with Crippen molar-refractivity contribution in [3.05, 3.63) is 33.8 Å². The van der Waals surface area contributed by atoms with Crippen LogP contribution in [0.1, 0.15) is 36.7 Å². The normalized spacial score (nSPS) is 11.5. The molecule has 0 saturated heterocycles. The lowest BCUT2D eigenvalue weighted by Gasteiger charge is -2.18. The summed E-state index contributed by atoms with van der Waals surface area (Å²) < 4.78 is 0.993. The van der Waals surface area contributed by atoms with Crippen LogP contribution in [-0.4, -0.2) is 5.78 Å². The van der Waals surface area contributed by atoms with E-state index in [0.29, 0.717) is 0 Å². The molecule has 0 aliphatic carbocycles. The number of hydrogen-bond acceptors (Lipinski definition) is 1. The minimum Gasteiger partial charge on any atom is -0.294 e. The average molecular weight is 255 g/mol. The molecule has 0 amide bonds. The summed E-state index contributed by atoms with van der Waals surface area (Å²) >= 11 is 3.43. The van der Waals surface area contributed by atoms with E-state index in [1.165, 1.54) is 0 Å². The molecular weight excluding hydrogens is 240 g/mol. The lowest BCUT2D eigenvalue weighted by Crippen LogP contribution is -2.21. The maximum atomic E-state index is 12.0. The van der Waals surface area contributed by atoms with Gasteiger partial charge in [-0.25, -0.2) is 0 Å². The molecule has 1 rings (SSSR count). The number of benzene rings is 1. The Balaban J connectivity index is 3.21. The predicted octanol–water partition coefficient (Wildman–Crippen LogP) is 3.99. The van der Waals surface area contributed by atoms with Gasteiger partial charge in [0.15, 0.2) is 5.78 Å². The second kappa shape index (κ2) is 3.85. The summed E-state index contributed by atoms with van der Waals surface area (Å²) in [4.78, 5) is 12.0. The van der Waals surface area contributed by atoms with Gasteiger partial charge >= 0.3 is 0 Å². The Morgan fingerprint density at radius 2 is 1.86 bits per heavy atom. The molecule has 1 aromatic rings. The highest BCUT2D eigenvalue weighted by Crippen LogP contribution is 2.26. The third-order valence-electron chi connectivity index (χ3n) is 2.19. The number of carbonyl (C=O) groups excluding carboxylic acids is 1. The SMILES string of the molecule is Cc1c(Br)cccc1C(=O)C(C)(C)C. The number of hydrogen-bond donors (Lipinski definition) is 0. The van der Waals surface area contributed by atoms with Gasteiger partial charge in [-0.2, -0.15) is 0 Å². The first-order chi connectivity index (χ1) is 6.34. The molecule has 0 heterocycles. The molecule has 1 nitrogen and oxygen atoms in total. The number of carbonyl (C=O) groups is 1. The first-order valence-corrected chi connectivity index (χ1v) is 5.43. The quantitative estimate of drug-likeness (QED) is 0.693. The van der Waals surface area contributed by atoms with Crippen molar-refractivity contribution in [3.63, 3.8) is 0 Å². The van der Waals surface area contributed by atoms with Crippen LogP contribution in [-0.2, 0) is 0 Å². The standard InChI is InChI=1S/C12H15BrO/c1-8-9(6-5-7-10(8)13)11(14)12(2,3)4/h5-7H,1-4H3. The first-order valence-electron chi connectivity index (χ1n) is 4.64. The fourth-order valence-corrected chi connectivity index (χ4v) is 1.62. The van der Waals surface area contributed by atoms with Gasteiger partial charge in [0.05, 0.1) is 0 Å². The Bertz CT molecular complexity index is 361. The third-order valence-corrected chi connectivity index (χ3v) is 3.05. The fraction of sp³-hybridized carbons (Fsp3) is 0.417. The first kappa shape index (κ1) is 11.4. The van der Waals surface area contributed by atoms with Crippen molar-refractivity contribution in [2.75, 3.05) is 0 Å². The highest BCUT2D eigenvalue weighted by atomic mass is 79.9. The summed E-state index contributed by atoms with van der Waals surface area (Å²) in [5.41, 5.74) is 1.52. The van der Waals surface area contributed by atoms with Gasteiger partial charge in [-0.05, 0) is 18.6 Å². The number of ketones is 1. The molecule has 0 N–H and O–H groups in total. The van der Waals surface area contributed by atoms with Crippen LogP contribution >= 0.6 is 15.9 Å². The van der Waals surface area contributed by atoms with E-state index in [1.54, 1.807) is 0 Å². The molecule has 0 unspecified atom stereocenters. The largest absolute Gasteiger partial charge is 0.294 e. The minimum absolute atomic E-state index is 0.191. The number of halogens is 1. The second-order valence-corrected chi connectivity index (χ2v) is 5.35. The predicted molar refractivity (Wildman–Crippen MR) is 62.7 cm³/mol. The zero-order valence-electron chi connectivity index (χ0n) is 9.02. The third kappa shape index (κ3) is 2.24. The maximum absolute atomic E-state index is 12.0. The monoisotopic (exact) mass is 254 g/mol. The van der Waals surface area contributed by atoms with Crippen LogP contribution in [0.3, 0.4) is 0 Å². The molecular formula is C12H15BrO. The molecule has 0 aromatic heterocycles. The highest BCUT2D eigenvalue weighted by Gasteiger charge is 2.24. The molecule has 76 valence electrons. The summed E-state index contributed by atoms with van der Waals surface area (Å²) in [5, 5.41) is 0. The Hall–Kier alpha value is -0.630. The van der Waals surface area contributed by atoms with Crippen LogP contribution in [0.4, 0.5) is 0 Å². The van der Waals surface area contributed by atoms with Crippen molar-refractivity contribution < 1.29 is 4.79 Å². The van der Waals surface area contributed by atoms with E-state index in [-0.39, 0.29) is 11.2 Å². The van der Waals surface area contributed by atoms with Gasteiger partial charge in [-0.3, -0.25) is 4.79 Å². The van der Waals surface area contributed by atoms with E-state index < -0.39 is 0 Å². The van der Waals surface area contributed by atoms with Crippen LogP contribution in [0, 0.1) is 12.3 Å². The van der Waals surface area contributed by atoms with Gasteiger partial charge in [0.25, 0.3) is 0 Å². The van der Waals surface area contributed by atoms with Gasteiger partial charge in [0.1, 0.15) is 0 Å². The average Bonchev–Trinajstić information content (AvgIpc) is 2.07. The van der Waals surface area contributed by atoms with Crippen LogP contribution in [0.15, 0.2) is 22.7 Å².